The second-order valence-electron chi connectivity index (χ2n) is 5.46. The van der Waals surface area contributed by atoms with Gasteiger partial charge in [-0.3, -0.25) is 9.69 Å². The van der Waals surface area contributed by atoms with Crippen LogP contribution in [0.4, 0.5) is 10.5 Å². The summed E-state index contributed by atoms with van der Waals surface area (Å²) < 4.78 is 0. The predicted molar refractivity (Wildman–Crippen MR) is 81.5 cm³/mol. The van der Waals surface area contributed by atoms with Crippen molar-refractivity contribution in [2.45, 2.75) is 39.2 Å². The second kappa shape index (κ2) is 6.61. The minimum atomic E-state index is -0.822. The van der Waals surface area contributed by atoms with Gasteiger partial charge in [0.1, 0.15) is 0 Å². The lowest BCUT2D eigenvalue weighted by molar-refractivity contribution is -0.142. The number of carbonyl (C=O) groups is 2. The van der Waals surface area contributed by atoms with E-state index in [9.17, 15) is 14.7 Å². The van der Waals surface area contributed by atoms with Gasteiger partial charge in [0.2, 0.25) is 0 Å². The van der Waals surface area contributed by atoms with Crippen LogP contribution in [0.5, 0.6) is 0 Å². The fourth-order valence-electron chi connectivity index (χ4n) is 2.95. The molecule has 1 aromatic rings. The lowest BCUT2D eigenvalue weighted by Gasteiger charge is -2.26. The molecule has 5 heteroatoms. The van der Waals surface area contributed by atoms with Gasteiger partial charge in [0.15, 0.2) is 0 Å². The zero-order valence-corrected chi connectivity index (χ0v) is 12.5. The van der Waals surface area contributed by atoms with Crippen molar-refractivity contribution < 1.29 is 14.7 Å². The Bertz CT molecular complexity index is 530. The number of nitrogens with zero attached hydrogens (tertiary/aromatic N) is 1. The number of benzene rings is 1. The van der Waals surface area contributed by atoms with Crippen molar-refractivity contribution in [3.8, 4) is 0 Å². The van der Waals surface area contributed by atoms with Crippen molar-refractivity contribution in [2.24, 2.45) is 5.92 Å². The third-order valence-electron chi connectivity index (χ3n) is 4.11. The molecule has 5 nitrogen and oxygen atoms in total. The molecule has 0 aliphatic heterocycles. The number of hydrogen-bond acceptors (Lipinski definition) is 2. The third kappa shape index (κ3) is 3.35. The predicted octanol–water partition coefficient (Wildman–Crippen LogP) is 2.78. The zero-order chi connectivity index (χ0) is 15.4. The SMILES string of the molecule is CCN(C(=O)NC1CCCC1C(=O)O)c1ccccc1C. The summed E-state index contributed by atoms with van der Waals surface area (Å²) in [5.74, 6) is -1.29. The Balaban J connectivity index is 2.11. The summed E-state index contributed by atoms with van der Waals surface area (Å²) in [4.78, 5) is 25.3. The average Bonchev–Trinajstić information content (AvgIpc) is 2.90. The smallest absolute Gasteiger partial charge is 0.322 e. The first-order valence-corrected chi connectivity index (χ1v) is 7.41. The van der Waals surface area contributed by atoms with Gasteiger partial charge in [0.25, 0.3) is 0 Å². The molecule has 0 heterocycles. The van der Waals surface area contributed by atoms with E-state index < -0.39 is 11.9 Å². The number of amides is 2. The number of rotatable bonds is 4. The molecule has 2 amide bonds. The van der Waals surface area contributed by atoms with Gasteiger partial charge in [0, 0.05) is 18.3 Å². The first-order valence-electron chi connectivity index (χ1n) is 7.41. The van der Waals surface area contributed by atoms with Crippen molar-refractivity contribution in [3.05, 3.63) is 29.8 Å². The highest BCUT2D eigenvalue weighted by atomic mass is 16.4. The molecule has 1 aliphatic carbocycles. The third-order valence-corrected chi connectivity index (χ3v) is 4.11. The van der Waals surface area contributed by atoms with Crippen LogP contribution in [0, 0.1) is 12.8 Å². The molecule has 0 bridgehead atoms. The highest BCUT2D eigenvalue weighted by Gasteiger charge is 2.34. The molecule has 1 aromatic carbocycles. The zero-order valence-electron chi connectivity index (χ0n) is 12.5. The molecule has 2 N–H and O–H groups in total. The van der Waals surface area contributed by atoms with Crippen LogP contribution in [0.15, 0.2) is 24.3 Å². The van der Waals surface area contributed by atoms with Crippen LogP contribution in [-0.4, -0.2) is 29.7 Å². The minimum absolute atomic E-state index is 0.218. The maximum atomic E-state index is 12.5. The summed E-state index contributed by atoms with van der Waals surface area (Å²) in [7, 11) is 0. The number of nitrogens with one attached hydrogen (secondary N) is 1. The molecule has 0 radical (unpaired) electrons. The van der Waals surface area contributed by atoms with Crippen molar-refractivity contribution in [3.63, 3.8) is 0 Å². The number of carbonyl (C=O) groups excluding carboxylic acids is 1. The molecule has 2 unspecified atom stereocenters. The Morgan fingerprint density at radius 1 is 1.33 bits per heavy atom. The number of para-hydroxylation sites is 1. The number of carboxylic acids is 1. The molecule has 1 aliphatic rings. The van der Waals surface area contributed by atoms with Crippen LogP contribution in [0.1, 0.15) is 31.7 Å². The summed E-state index contributed by atoms with van der Waals surface area (Å²) in [5.41, 5.74) is 1.89. The maximum Gasteiger partial charge on any atom is 0.322 e. The normalized spacial score (nSPS) is 21.0. The summed E-state index contributed by atoms with van der Waals surface area (Å²) in [5, 5.41) is 12.1. The number of urea groups is 1. The summed E-state index contributed by atoms with van der Waals surface area (Å²) in [6.45, 7) is 4.41. The average molecular weight is 290 g/mol. The highest BCUT2D eigenvalue weighted by Crippen LogP contribution is 2.26. The van der Waals surface area contributed by atoms with Crippen LogP contribution in [0.3, 0.4) is 0 Å². The number of aryl methyl sites for hydroxylation is 1. The Morgan fingerprint density at radius 3 is 2.67 bits per heavy atom. The van der Waals surface area contributed by atoms with Crippen LogP contribution >= 0.6 is 0 Å². The molecular weight excluding hydrogens is 268 g/mol. The second-order valence-corrected chi connectivity index (χ2v) is 5.46. The molecule has 1 saturated carbocycles. The Morgan fingerprint density at radius 2 is 2.05 bits per heavy atom. The quantitative estimate of drug-likeness (QED) is 0.896. The van der Waals surface area contributed by atoms with Gasteiger partial charge in [-0.25, -0.2) is 4.79 Å². The first-order chi connectivity index (χ1) is 10.0. The standard InChI is InChI=1S/C16H22N2O3/c1-3-18(14-10-5-4-7-11(14)2)16(21)17-13-9-6-8-12(13)15(19)20/h4-5,7,10,12-13H,3,6,8-9H2,1-2H3,(H,17,21)(H,19,20). The van der Waals surface area contributed by atoms with Crippen molar-refractivity contribution >= 4 is 17.7 Å². The van der Waals surface area contributed by atoms with E-state index in [-0.39, 0.29) is 12.1 Å². The molecule has 21 heavy (non-hydrogen) atoms. The molecule has 0 aromatic heterocycles. The molecule has 2 atom stereocenters. The molecule has 114 valence electrons. The Hall–Kier alpha value is -2.04. The van der Waals surface area contributed by atoms with E-state index in [2.05, 4.69) is 5.32 Å². The van der Waals surface area contributed by atoms with Crippen LogP contribution in [-0.2, 0) is 4.79 Å². The molecule has 2 rings (SSSR count). The van der Waals surface area contributed by atoms with Crippen LogP contribution < -0.4 is 10.2 Å². The van der Waals surface area contributed by atoms with E-state index in [4.69, 9.17) is 0 Å². The van der Waals surface area contributed by atoms with Crippen molar-refractivity contribution in [1.29, 1.82) is 0 Å². The van der Waals surface area contributed by atoms with Gasteiger partial charge in [-0.05, 0) is 38.3 Å². The summed E-state index contributed by atoms with van der Waals surface area (Å²) >= 11 is 0. The van der Waals surface area contributed by atoms with Crippen molar-refractivity contribution in [2.75, 3.05) is 11.4 Å². The Labute approximate surface area is 125 Å². The monoisotopic (exact) mass is 290 g/mol. The maximum absolute atomic E-state index is 12.5. The Kier molecular flexibility index (Phi) is 4.83. The largest absolute Gasteiger partial charge is 0.481 e. The lowest BCUT2D eigenvalue weighted by atomic mass is 10.0. The van der Waals surface area contributed by atoms with E-state index >= 15 is 0 Å². The summed E-state index contributed by atoms with van der Waals surface area (Å²) in [6, 6.07) is 7.21. The van der Waals surface area contributed by atoms with Gasteiger partial charge in [-0.2, -0.15) is 0 Å². The minimum Gasteiger partial charge on any atom is -0.481 e. The van der Waals surface area contributed by atoms with Gasteiger partial charge in [0.05, 0.1) is 5.92 Å². The number of hydrogen-bond donors (Lipinski definition) is 2. The van der Waals surface area contributed by atoms with E-state index in [1.54, 1.807) is 4.90 Å². The fraction of sp³-hybridized carbons (Fsp3) is 0.500. The molecule has 0 saturated heterocycles. The van der Waals surface area contributed by atoms with Gasteiger partial charge >= 0.3 is 12.0 Å². The highest BCUT2D eigenvalue weighted by molar-refractivity contribution is 5.93. The summed E-state index contributed by atoms with van der Waals surface area (Å²) in [6.07, 6.45) is 2.21. The van der Waals surface area contributed by atoms with Crippen molar-refractivity contribution in [1.82, 2.24) is 5.32 Å². The van der Waals surface area contributed by atoms with E-state index in [0.717, 1.165) is 24.1 Å². The topological polar surface area (TPSA) is 69.6 Å². The molecule has 0 spiro atoms. The van der Waals surface area contributed by atoms with Gasteiger partial charge in [-0.15, -0.1) is 0 Å². The van der Waals surface area contributed by atoms with E-state index in [1.807, 2.05) is 38.1 Å². The number of carboxylic acid groups (broad SMARTS) is 1. The first kappa shape index (κ1) is 15.4. The van der Waals surface area contributed by atoms with Crippen LogP contribution in [0.25, 0.3) is 0 Å². The number of aliphatic carboxylic acids is 1. The lowest BCUT2D eigenvalue weighted by Crippen LogP contribution is -2.47. The van der Waals surface area contributed by atoms with E-state index in [0.29, 0.717) is 13.0 Å². The fourth-order valence-corrected chi connectivity index (χ4v) is 2.95. The molecular formula is C16H22N2O3. The molecule has 1 fully saturated rings. The van der Waals surface area contributed by atoms with Gasteiger partial charge in [-0.1, -0.05) is 24.6 Å². The van der Waals surface area contributed by atoms with E-state index in [1.165, 1.54) is 0 Å². The van der Waals surface area contributed by atoms with Crippen LogP contribution in [0.2, 0.25) is 0 Å². The van der Waals surface area contributed by atoms with Gasteiger partial charge < -0.3 is 10.4 Å². The number of anilines is 1.